The number of anilines is 1. The Morgan fingerprint density at radius 1 is 1.04 bits per heavy atom. The minimum Gasteiger partial charge on any atom is -0.283 e. The number of pyridine rings is 1. The molecule has 0 radical (unpaired) electrons. The van der Waals surface area contributed by atoms with Crippen LogP contribution in [0, 0.1) is 5.82 Å². The predicted molar refractivity (Wildman–Crippen MR) is 110 cm³/mol. The number of nitrogens with zero attached hydrogens (tertiary/aromatic N) is 3. The Hall–Kier alpha value is -2.83. The molecule has 0 aliphatic carbocycles. The Morgan fingerprint density at radius 2 is 1.79 bits per heavy atom. The number of fused-ring (bicyclic) bond motifs is 1. The van der Waals surface area contributed by atoms with Crippen LogP contribution in [0.1, 0.15) is 11.1 Å². The second-order valence-corrected chi connectivity index (χ2v) is 7.64. The number of halogens is 2. The second-order valence-electron chi connectivity index (χ2n) is 6.22. The fourth-order valence-corrected chi connectivity index (χ4v) is 4.11. The fraction of sp³-hybridized carbons (Fsp3) is 0.0952. The van der Waals surface area contributed by atoms with Gasteiger partial charge in [0.25, 0.3) is 0 Å². The third kappa shape index (κ3) is 4.03. The first-order valence-corrected chi connectivity index (χ1v) is 9.78. The summed E-state index contributed by atoms with van der Waals surface area (Å²) in [5, 5.41) is 1.13. The van der Waals surface area contributed by atoms with Crippen molar-refractivity contribution in [2.24, 2.45) is 0 Å². The topological polar surface area (TPSA) is 46.1 Å². The van der Waals surface area contributed by atoms with Crippen LogP contribution in [0.3, 0.4) is 0 Å². The Morgan fingerprint density at radius 3 is 2.50 bits per heavy atom. The molecule has 140 valence electrons. The molecular formula is C21H15ClFN3OS. The van der Waals surface area contributed by atoms with Crippen LogP contribution >= 0.6 is 22.9 Å². The van der Waals surface area contributed by atoms with Crippen LogP contribution in [0.15, 0.2) is 67.0 Å². The molecule has 0 unspecified atom stereocenters. The largest absolute Gasteiger partial charge is 0.283 e. The third-order valence-electron chi connectivity index (χ3n) is 4.25. The van der Waals surface area contributed by atoms with E-state index in [2.05, 4.69) is 9.97 Å². The van der Waals surface area contributed by atoms with Crippen molar-refractivity contribution in [2.45, 2.75) is 13.0 Å². The molecule has 0 aliphatic heterocycles. The van der Waals surface area contributed by atoms with Crippen LogP contribution in [0.2, 0.25) is 5.02 Å². The lowest BCUT2D eigenvalue weighted by Crippen LogP contribution is -2.31. The number of hydrogen-bond acceptors (Lipinski definition) is 4. The van der Waals surface area contributed by atoms with Crippen molar-refractivity contribution in [3.8, 4) is 0 Å². The van der Waals surface area contributed by atoms with Gasteiger partial charge in [-0.1, -0.05) is 41.1 Å². The highest BCUT2D eigenvalue weighted by Gasteiger charge is 2.21. The molecule has 0 bridgehead atoms. The maximum Gasteiger partial charge on any atom is 0.233 e. The van der Waals surface area contributed by atoms with Gasteiger partial charge in [0.2, 0.25) is 5.91 Å². The van der Waals surface area contributed by atoms with Crippen molar-refractivity contribution in [2.75, 3.05) is 4.90 Å². The van der Waals surface area contributed by atoms with E-state index < -0.39 is 0 Å². The van der Waals surface area contributed by atoms with Gasteiger partial charge in [-0.25, -0.2) is 9.37 Å². The van der Waals surface area contributed by atoms with Gasteiger partial charge >= 0.3 is 0 Å². The molecule has 0 saturated heterocycles. The number of benzene rings is 2. The monoisotopic (exact) mass is 411 g/mol. The van der Waals surface area contributed by atoms with Gasteiger partial charge in [0, 0.05) is 12.4 Å². The van der Waals surface area contributed by atoms with Gasteiger partial charge in [-0.15, -0.1) is 0 Å². The summed E-state index contributed by atoms with van der Waals surface area (Å²) in [5.41, 5.74) is 2.36. The molecule has 0 spiro atoms. The Balaban J connectivity index is 1.69. The maximum atomic E-state index is 13.2. The van der Waals surface area contributed by atoms with E-state index in [-0.39, 0.29) is 18.1 Å². The van der Waals surface area contributed by atoms with E-state index >= 15 is 0 Å². The number of carbonyl (C=O) groups excluding carboxylic acids is 1. The number of amides is 1. The van der Waals surface area contributed by atoms with E-state index in [0.717, 1.165) is 15.8 Å². The average molecular weight is 412 g/mol. The normalized spacial score (nSPS) is 10.9. The quantitative estimate of drug-likeness (QED) is 0.450. The molecule has 0 atom stereocenters. The number of hydrogen-bond donors (Lipinski definition) is 0. The summed E-state index contributed by atoms with van der Waals surface area (Å²) in [5.74, 6) is -0.454. The van der Waals surface area contributed by atoms with E-state index in [1.165, 1.54) is 23.5 Å². The standard InChI is InChI=1S/C21H15ClFN3OS/c22-17-2-1-3-18-20(17)25-21(28-18)26(13-15-8-10-24-11-9-15)19(27)12-14-4-6-16(23)7-5-14/h1-11H,12-13H2. The Kier molecular flexibility index (Phi) is 5.32. The lowest BCUT2D eigenvalue weighted by Gasteiger charge is -2.20. The highest BCUT2D eigenvalue weighted by atomic mass is 35.5. The molecule has 0 aliphatic rings. The molecule has 0 saturated carbocycles. The van der Waals surface area contributed by atoms with E-state index in [1.54, 1.807) is 35.5 Å². The van der Waals surface area contributed by atoms with Crippen LogP contribution in [-0.4, -0.2) is 15.9 Å². The van der Waals surface area contributed by atoms with Crippen LogP contribution < -0.4 is 4.90 Å². The smallest absolute Gasteiger partial charge is 0.233 e. The summed E-state index contributed by atoms with van der Waals surface area (Å²) < 4.78 is 14.1. The summed E-state index contributed by atoms with van der Waals surface area (Å²) in [6, 6.07) is 15.2. The highest BCUT2D eigenvalue weighted by molar-refractivity contribution is 7.22. The summed E-state index contributed by atoms with van der Waals surface area (Å²) in [4.78, 5) is 23.4. The zero-order valence-electron chi connectivity index (χ0n) is 14.7. The van der Waals surface area contributed by atoms with Crippen LogP contribution in [0.4, 0.5) is 9.52 Å². The summed E-state index contributed by atoms with van der Waals surface area (Å²) in [6.45, 7) is 0.361. The van der Waals surface area contributed by atoms with Gasteiger partial charge in [0.1, 0.15) is 11.3 Å². The van der Waals surface area contributed by atoms with Gasteiger partial charge in [0.15, 0.2) is 5.13 Å². The SMILES string of the molecule is O=C(Cc1ccc(F)cc1)N(Cc1ccncc1)c1nc2c(Cl)cccc2s1. The summed E-state index contributed by atoms with van der Waals surface area (Å²) in [6.07, 6.45) is 3.52. The Labute approximate surface area is 170 Å². The minimum absolute atomic E-state index is 0.126. The number of aromatic nitrogens is 2. The lowest BCUT2D eigenvalue weighted by atomic mass is 10.1. The van der Waals surface area contributed by atoms with E-state index in [9.17, 15) is 9.18 Å². The van der Waals surface area contributed by atoms with E-state index in [1.807, 2.05) is 24.3 Å². The van der Waals surface area contributed by atoms with Crippen molar-refractivity contribution in [1.82, 2.24) is 9.97 Å². The average Bonchev–Trinajstić information content (AvgIpc) is 3.14. The van der Waals surface area contributed by atoms with Crippen molar-refractivity contribution >= 4 is 44.2 Å². The van der Waals surface area contributed by atoms with Gasteiger partial charge in [0.05, 0.1) is 22.7 Å². The summed E-state index contributed by atoms with van der Waals surface area (Å²) >= 11 is 7.67. The van der Waals surface area contributed by atoms with Gasteiger partial charge in [-0.2, -0.15) is 0 Å². The number of para-hydroxylation sites is 1. The predicted octanol–water partition coefficient (Wildman–Crippen LogP) is 5.26. The zero-order chi connectivity index (χ0) is 19.5. The van der Waals surface area contributed by atoms with Crippen LogP contribution in [0.5, 0.6) is 0 Å². The highest BCUT2D eigenvalue weighted by Crippen LogP contribution is 2.33. The first-order valence-electron chi connectivity index (χ1n) is 8.59. The molecule has 4 nitrogen and oxygen atoms in total. The number of thiazole rings is 1. The molecule has 7 heteroatoms. The Bertz CT molecular complexity index is 1120. The molecule has 2 aromatic carbocycles. The zero-order valence-corrected chi connectivity index (χ0v) is 16.3. The molecule has 28 heavy (non-hydrogen) atoms. The van der Waals surface area contributed by atoms with Crippen molar-refractivity contribution in [3.05, 3.63) is 89.0 Å². The van der Waals surface area contributed by atoms with Gasteiger partial charge < -0.3 is 0 Å². The molecule has 4 aromatic rings. The molecular weight excluding hydrogens is 397 g/mol. The molecule has 1 amide bonds. The molecule has 0 fully saturated rings. The lowest BCUT2D eigenvalue weighted by molar-refractivity contribution is -0.118. The molecule has 2 aromatic heterocycles. The van der Waals surface area contributed by atoms with Crippen LogP contribution in [0.25, 0.3) is 10.2 Å². The summed E-state index contributed by atoms with van der Waals surface area (Å²) in [7, 11) is 0. The van der Waals surface area contributed by atoms with Crippen LogP contribution in [-0.2, 0) is 17.8 Å². The van der Waals surface area contributed by atoms with E-state index in [4.69, 9.17) is 11.6 Å². The van der Waals surface area contributed by atoms with Crippen molar-refractivity contribution in [3.63, 3.8) is 0 Å². The number of carbonyl (C=O) groups is 1. The maximum absolute atomic E-state index is 13.2. The third-order valence-corrected chi connectivity index (χ3v) is 5.60. The minimum atomic E-state index is -0.328. The van der Waals surface area contributed by atoms with Gasteiger partial charge in [-0.05, 0) is 47.5 Å². The first-order chi connectivity index (χ1) is 13.6. The second kappa shape index (κ2) is 8.04. The van der Waals surface area contributed by atoms with E-state index in [0.29, 0.717) is 22.2 Å². The molecule has 0 N–H and O–H groups in total. The van der Waals surface area contributed by atoms with Crippen molar-refractivity contribution in [1.29, 1.82) is 0 Å². The first kappa shape index (κ1) is 18.5. The fourth-order valence-electron chi connectivity index (χ4n) is 2.82. The molecule has 2 heterocycles. The molecule has 4 rings (SSSR count). The van der Waals surface area contributed by atoms with Crippen molar-refractivity contribution < 1.29 is 9.18 Å². The van der Waals surface area contributed by atoms with Gasteiger partial charge in [-0.3, -0.25) is 14.7 Å². The number of rotatable bonds is 5.